The molecule has 0 aromatic carbocycles. The highest BCUT2D eigenvalue weighted by Gasteiger charge is 2.02. The molecule has 1 aromatic rings. The molecule has 0 unspecified atom stereocenters. The molecule has 0 saturated carbocycles. The molecule has 1 aromatic heterocycles. The summed E-state index contributed by atoms with van der Waals surface area (Å²) >= 11 is 0. The molecule has 0 amide bonds. The predicted octanol–water partition coefficient (Wildman–Crippen LogP) is 0.282. The fraction of sp³-hybridized carbons (Fsp3) is 0.667. The summed E-state index contributed by atoms with van der Waals surface area (Å²) in [4.78, 5) is 3.86. The van der Waals surface area contributed by atoms with Crippen LogP contribution in [0, 0.1) is 0 Å². The van der Waals surface area contributed by atoms with Crippen LogP contribution in [0.15, 0.2) is 4.52 Å². The van der Waals surface area contributed by atoms with Gasteiger partial charge in [-0.15, -0.1) is 0 Å². The van der Waals surface area contributed by atoms with Crippen LogP contribution >= 0.6 is 0 Å². The van der Waals surface area contributed by atoms with E-state index in [9.17, 15) is 0 Å². The molecular formula is C6H12N4O2. The summed E-state index contributed by atoms with van der Waals surface area (Å²) in [5.41, 5.74) is 2.24. The lowest BCUT2D eigenvalue weighted by Gasteiger charge is -1.95. The highest BCUT2D eigenvalue weighted by Crippen LogP contribution is 2.01. The van der Waals surface area contributed by atoms with Crippen molar-refractivity contribution in [3.63, 3.8) is 0 Å². The average Bonchev–Trinajstić information content (AvgIpc) is 2.53. The van der Waals surface area contributed by atoms with Crippen molar-refractivity contribution in [3.8, 4) is 0 Å². The summed E-state index contributed by atoms with van der Waals surface area (Å²) in [5.74, 6) is 5.53. The van der Waals surface area contributed by atoms with E-state index in [-0.39, 0.29) is 6.01 Å². The molecule has 0 atom stereocenters. The number of anilines is 1. The van der Waals surface area contributed by atoms with Gasteiger partial charge in [0.05, 0.1) is 0 Å². The van der Waals surface area contributed by atoms with Gasteiger partial charge in [0.2, 0.25) is 0 Å². The average molecular weight is 172 g/mol. The van der Waals surface area contributed by atoms with E-state index in [0.29, 0.717) is 19.0 Å². The van der Waals surface area contributed by atoms with Crippen LogP contribution in [-0.2, 0) is 11.3 Å². The molecule has 6 nitrogen and oxygen atoms in total. The third kappa shape index (κ3) is 2.48. The van der Waals surface area contributed by atoms with Gasteiger partial charge < -0.3 is 9.26 Å². The molecule has 68 valence electrons. The second-order valence-electron chi connectivity index (χ2n) is 2.21. The predicted molar refractivity (Wildman–Crippen MR) is 42.1 cm³/mol. The summed E-state index contributed by atoms with van der Waals surface area (Å²) in [6.07, 6.45) is 0.972. The van der Waals surface area contributed by atoms with Crippen LogP contribution in [0.2, 0.25) is 0 Å². The molecule has 0 spiro atoms. The summed E-state index contributed by atoms with van der Waals surface area (Å²) in [5, 5.41) is 3.61. The number of aromatic nitrogens is 2. The number of nitrogens with one attached hydrogen (secondary N) is 1. The van der Waals surface area contributed by atoms with E-state index in [1.54, 1.807) is 0 Å². The van der Waals surface area contributed by atoms with Crippen molar-refractivity contribution < 1.29 is 9.26 Å². The van der Waals surface area contributed by atoms with Crippen molar-refractivity contribution >= 4 is 6.01 Å². The largest absolute Gasteiger partial charge is 0.373 e. The fourth-order valence-electron chi connectivity index (χ4n) is 0.679. The lowest BCUT2D eigenvalue weighted by molar-refractivity contribution is 0.114. The molecule has 6 heteroatoms. The van der Waals surface area contributed by atoms with Gasteiger partial charge in [0.25, 0.3) is 0 Å². The Morgan fingerprint density at radius 1 is 1.67 bits per heavy atom. The first-order chi connectivity index (χ1) is 5.86. The molecule has 12 heavy (non-hydrogen) atoms. The number of nitrogens with zero attached hydrogens (tertiary/aromatic N) is 2. The Hall–Kier alpha value is -1.14. The molecule has 0 fully saturated rings. The zero-order chi connectivity index (χ0) is 8.81. The lowest BCUT2D eigenvalue weighted by Crippen LogP contribution is -2.06. The van der Waals surface area contributed by atoms with Gasteiger partial charge in [-0.25, -0.2) is 5.84 Å². The van der Waals surface area contributed by atoms with Gasteiger partial charge in [-0.3, -0.25) is 5.43 Å². The van der Waals surface area contributed by atoms with Crippen molar-refractivity contribution in [2.24, 2.45) is 5.84 Å². The van der Waals surface area contributed by atoms with E-state index in [4.69, 9.17) is 10.6 Å². The molecule has 0 aliphatic rings. The van der Waals surface area contributed by atoms with Crippen LogP contribution < -0.4 is 11.3 Å². The second kappa shape index (κ2) is 4.68. The maximum absolute atomic E-state index is 5.17. The Morgan fingerprint density at radius 3 is 3.08 bits per heavy atom. The van der Waals surface area contributed by atoms with Gasteiger partial charge in [0.15, 0.2) is 5.82 Å². The molecule has 0 radical (unpaired) electrons. The van der Waals surface area contributed by atoms with E-state index < -0.39 is 0 Å². The molecule has 3 N–H and O–H groups in total. The SMILES string of the molecule is CCCOCc1noc(NN)n1. The summed E-state index contributed by atoms with van der Waals surface area (Å²) < 4.78 is 9.84. The Bertz CT molecular complexity index is 225. The minimum Gasteiger partial charge on any atom is -0.373 e. The number of hydrazine groups is 1. The molecule has 0 aliphatic carbocycles. The summed E-state index contributed by atoms with van der Waals surface area (Å²) in [7, 11) is 0. The van der Waals surface area contributed by atoms with Crippen molar-refractivity contribution in [1.29, 1.82) is 0 Å². The van der Waals surface area contributed by atoms with Crippen LogP contribution in [0.4, 0.5) is 6.01 Å². The van der Waals surface area contributed by atoms with Crippen molar-refractivity contribution in [3.05, 3.63) is 5.82 Å². The number of hydrogen-bond acceptors (Lipinski definition) is 6. The first kappa shape index (κ1) is 8.95. The summed E-state index contributed by atoms with van der Waals surface area (Å²) in [6.45, 7) is 3.09. The molecule has 1 rings (SSSR count). The minimum absolute atomic E-state index is 0.199. The molecule has 1 heterocycles. The topological polar surface area (TPSA) is 86.2 Å². The van der Waals surface area contributed by atoms with Crippen molar-refractivity contribution in [2.45, 2.75) is 20.0 Å². The Kier molecular flexibility index (Phi) is 3.49. The smallest absolute Gasteiger partial charge is 0.335 e. The van der Waals surface area contributed by atoms with E-state index in [0.717, 1.165) is 6.42 Å². The zero-order valence-electron chi connectivity index (χ0n) is 6.91. The minimum atomic E-state index is 0.199. The molecular weight excluding hydrogens is 160 g/mol. The van der Waals surface area contributed by atoms with Crippen LogP contribution in [0.1, 0.15) is 19.2 Å². The first-order valence-electron chi connectivity index (χ1n) is 3.73. The van der Waals surface area contributed by atoms with Gasteiger partial charge in [-0.2, -0.15) is 4.98 Å². The first-order valence-corrected chi connectivity index (χ1v) is 3.73. The van der Waals surface area contributed by atoms with Crippen LogP contribution in [0.3, 0.4) is 0 Å². The van der Waals surface area contributed by atoms with E-state index in [1.807, 2.05) is 6.92 Å². The van der Waals surface area contributed by atoms with E-state index in [1.165, 1.54) is 0 Å². The number of nitrogen functional groups attached to an aromatic ring is 1. The van der Waals surface area contributed by atoms with Crippen LogP contribution in [0.25, 0.3) is 0 Å². The lowest BCUT2D eigenvalue weighted by atomic mass is 10.5. The van der Waals surface area contributed by atoms with Gasteiger partial charge in [-0.1, -0.05) is 12.1 Å². The van der Waals surface area contributed by atoms with Crippen LogP contribution in [-0.4, -0.2) is 16.7 Å². The molecule has 0 bridgehead atoms. The Balaban J connectivity index is 2.31. The van der Waals surface area contributed by atoms with Gasteiger partial charge in [0.1, 0.15) is 6.61 Å². The van der Waals surface area contributed by atoms with Gasteiger partial charge >= 0.3 is 6.01 Å². The quantitative estimate of drug-likeness (QED) is 0.377. The molecule has 0 aliphatic heterocycles. The molecule has 0 saturated heterocycles. The Morgan fingerprint density at radius 2 is 2.50 bits per heavy atom. The number of rotatable bonds is 5. The standard InChI is InChI=1S/C6H12N4O2/c1-2-3-11-4-5-8-6(9-7)12-10-5/h2-4,7H2,1H3,(H,8,9,10). The zero-order valence-corrected chi connectivity index (χ0v) is 6.91. The van der Waals surface area contributed by atoms with E-state index in [2.05, 4.69) is 20.1 Å². The number of ether oxygens (including phenoxy) is 1. The number of hydrogen-bond donors (Lipinski definition) is 2. The summed E-state index contributed by atoms with van der Waals surface area (Å²) in [6, 6.07) is 0.199. The van der Waals surface area contributed by atoms with Crippen LogP contribution in [0.5, 0.6) is 0 Å². The normalized spacial score (nSPS) is 10.2. The Labute approximate surface area is 70.0 Å². The van der Waals surface area contributed by atoms with Gasteiger partial charge in [0, 0.05) is 6.61 Å². The third-order valence-electron chi connectivity index (χ3n) is 1.17. The maximum atomic E-state index is 5.17. The van der Waals surface area contributed by atoms with E-state index >= 15 is 0 Å². The third-order valence-corrected chi connectivity index (χ3v) is 1.17. The van der Waals surface area contributed by atoms with Crippen molar-refractivity contribution in [2.75, 3.05) is 12.0 Å². The fourth-order valence-corrected chi connectivity index (χ4v) is 0.679. The second-order valence-corrected chi connectivity index (χ2v) is 2.21. The number of nitrogens with two attached hydrogens (primary N) is 1. The van der Waals surface area contributed by atoms with Gasteiger partial charge in [-0.05, 0) is 6.42 Å². The maximum Gasteiger partial charge on any atom is 0.335 e. The highest BCUT2D eigenvalue weighted by molar-refractivity contribution is 5.14. The highest BCUT2D eigenvalue weighted by atomic mass is 16.5. The van der Waals surface area contributed by atoms with Crippen molar-refractivity contribution in [1.82, 2.24) is 10.1 Å². The monoisotopic (exact) mass is 172 g/mol.